The van der Waals surface area contributed by atoms with Crippen molar-refractivity contribution >= 4 is 25.8 Å². The van der Waals surface area contributed by atoms with Gasteiger partial charge in [0.2, 0.25) is 0 Å². The summed E-state index contributed by atoms with van der Waals surface area (Å²) in [5.41, 5.74) is 0.722. The Morgan fingerprint density at radius 2 is 1.75 bits per heavy atom. The monoisotopic (exact) mass is 317 g/mol. The molecule has 0 unspecified atom stereocenters. The van der Waals surface area contributed by atoms with E-state index in [0.717, 1.165) is 37.9 Å². The van der Waals surface area contributed by atoms with Gasteiger partial charge in [-0.05, 0) is 37.0 Å². The third kappa shape index (κ3) is 4.11. The average molecular weight is 318 g/mol. The van der Waals surface area contributed by atoms with E-state index in [1.54, 1.807) is 17.0 Å². The number of halogens is 1. The Balaban J connectivity index is 1.89. The molecule has 1 amide bonds. The van der Waals surface area contributed by atoms with Crippen LogP contribution in [-0.2, 0) is 20.4 Å². The van der Waals surface area contributed by atoms with Gasteiger partial charge in [-0.15, -0.1) is 0 Å². The van der Waals surface area contributed by atoms with Gasteiger partial charge in [0, 0.05) is 23.8 Å². The number of carbonyl (C=O) groups excluding carboxylic acids is 1. The molecule has 1 fully saturated rings. The molecule has 0 bridgehead atoms. The van der Waals surface area contributed by atoms with Crippen molar-refractivity contribution in [3.05, 3.63) is 29.8 Å². The summed E-state index contributed by atoms with van der Waals surface area (Å²) in [5, 5.41) is 0. The van der Waals surface area contributed by atoms with Gasteiger partial charge < -0.3 is 9.64 Å². The number of nitrogens with zero attached hydrogens (tertiary/aromatic N) is 1. The summed E-state index contributed by atoms with van der Waals surface area (Å²) in [6, 6.07) is 5.95. The molecular formula is C13H16ClNO4S. The van der Waals surface area contributed by atoms with Crippen LogP contribution in [0.2, 0.25) is 0 Å². The van der Waals surface area contributed by atoms with Gasteiger partial charge in [-0.3, -0.25) is 0 Å². The van der Waals surface area contributed by atoms with E-state index in [0.29, 0.717) is 0 Å². The van der Waals surface area contributed by atoms with Crippen LogP contribution in [0.1, 0.15) is 24.8 Å². The molecule has 1 aliphatic heterocycles. The molecule has 1 aromatic carbocycles. The molecule has 0 aliphatic carbocycles. The van der Waals surface area contributed by atoms with Gasteiger partial charge in [0.05, 0.1) is 4.90 Å². The van der Waals surface area contributed by atoms with Crippen LogP contribution < -0.4 is 0 Å². The van der Waals surface area contributed by atoms with Crippen LogP contribution in [0.25, 0.3) is 0 Å². The lowest BCUT2D eigenvalue weighted by Gasteiger charge is -2.25. The number of ether oxygens (including phenoxy) is 1. The Labute approximate surface area is 122 Å². The summed E-state index contributed by atoms with van der Waals surface area (Å²) in [5.74, 6) is 0. The minimum Gasteiger partial charge on any atom is -0.445 e. The van der Waals surface area contributed by atoms with Crippen molar-refractivity contribution in [2.75, 3.05) is 13.1 Å². The zero-order chi connectivity index (χ0) is 14.6. The maximum absolute atomic E-state index is 11.8. The van der Waals surface area contributed by atoms with E-state index >= 15 is 0 Å². The highest BCUT2D eigenvalue weighted by atomic mass is 35.7. The highest BCUT2D eigenvalue weighted by Gasteiger charge is 2.17. The summed E-state index contributed by atoms with van der Waals surface area (Å²) in [6.45, 7) is 1.60. The first-order valence-corrected chi connectivity index (χ1v) is 8.73. The first-order chi connectivity index (χ1) is 9.47. The molecule has 1 heterocycles. The molecule has 0 spiro atoms. The number of piperidine rings is 1. The quantitative estimate of drug-likeness (QED) is 0.804. The second-order valence-corrected chi connectivity index (χ2v) is 7.25. The number of rotatable bonds is 3. The topological polar surface area (TPSA) is 63.7 Å². The summed E-state index contributed by atoms with van der Waals surface area (Å²) >= 11 is 0. The Kier molecular flexibility index (Phi) is 4.88. The molecule has 1 aromatic rings. The SMILES string of the molecule is O=C(OCc1ccc(S(=O)(=O)Cl)cc1)N1CCCCC1. The number of likely N-dealkylation sites (tertiary alicyclic amines) is 1. The van der Waals surface area contributed by atoms with E-state index in [1.807, 2.05) is 0 Å². The molecule has 7 heteroatoms. The van der Waals surface area contributed by atoms with Crippen molar-refractivity contribution in [3.63, 3.8) is 0 Å². The van der Waals surface area contributed by atoms with Crippen molar-refractivity contribution in [2.45, 2.75) is 30.8 Å². The largest absolute Gasteiger partial charge is 0.445 e. The number of benzene rings is 1. The number of amides is 1. The molecule has 0 atom stereocenters. The smallest absolute Gasteiger partial charge is 0.410 e. The predicted octanol–water partition coefficient (Wildman–Crippen LogP) is 2.74. The van der Waals surface area contributed by atoms with Crippen LogP contribution in [0.4, 0.5) is 4.79 Å². The Hall–Kier alpha value is -1.27. The number of hydrogen-bond acceptors (Lipinski definition) is 4. The van der Waals surface area contributed by atoms with Crippen molar-refractivity contribution in [2.24, 2.45) is 0 Å². The highest BCUT2D eigenvalue weighted by molar-refractivity contribution is 8.13. The van der Waals surface area contributed by atoms with E-state index in [1.165, 1.54) is 12.1 Å². The summed E-state index contributed by atoms with van der Waals surface area (Å²) in [7, 11) is 1.51. The minimum atomic E-state index is -3.71. The first-order valence-electron chi connectivity index (χ1n) is 6.42. The molecule has 0 saturated carbocycles. The zero-order valence-corrected chi connectivity index (χ0v) is 12.5. The molecular weight excluding hydrogens is 302 g/mol. The lowest BCUT2D eigenvalue weighted by molar-refractivity contribution is 0.0894. The van der Waals surface area contributed by atoms with E-state index in [4.69, 9.17) is 15.4 Å². The summed E-state index contributed by atoms with van der Waals surface area (Å²) in [4.78, 5) is 13.5. The second kappa shape index (κ2) is 6.45. The summed E-state index contributed by atoms with van der Waals surface area (Å²) in [6.07, 6.45) is 2.85. The minimum absolute atomic E-state index is 0.0327. The molecule has 1 saturated heterocycles. The van der Waals surface area contributed by atoms with Crippen molar-refractivity contribution in [1.82, 2.24) is 4.90 Å². The fraction of sp³-hybridized carbons (Fsp3) is 0.462. The van der Waals surface area contributed by atoms with Crippen molar-refractivity contribution in [1.29, 1.82) is 0 Å². The fourth-order valence-electron chi connectivity index (χ4n) is 2.06. The van der Waals surface area contributed by atoms with Gasteiger partial charge in [0.25, 0.3) is 9.05 Å². The van der Waals surface area contributed by atoms with E-state index in [-0.39, 0.29) is 17.6 Å². The van der Waals surface area contributed by atoms with Gasteiger partial charge in [-0.25, -0.2) is 13.2 Å². The first kappa shape index (κ1) is 15.1. The Bertz CT molecular complexity index is 565. The van der Waals surface area contributed by atoms with Crippen LogP contribution >= 0.6 is 10.7 Å². The van der Waals surface area contributed by atoms with Gasteiger partial charge >= 0.3 is 6.09 Å². The average Bonchev–Trinajstić information content (AvgIpc) is 2.45. The fourth-order valence-corrected chi connectivity index (χ4v) is 2.83. The van der Waals surface area contributed by atoms with Crippen LogP contribution in [0, 0.1) is 0 Å². The molecule has 0 radical (unpaired) electrons. The standard InChI is InChI=1S/C13H16ClNO4S/c14-20(17,18)12-6-4-11(5-7-12)10-19-13(16)15-8-2-1-3-9-15/h4-7H,1-3,8-10H2. The molecule has 1 aliphatic rings. The molecule has 0 N–H and O–H groups in total. The predicted molar refractivity (Wildman–Crippen MR) is 75.1 cm³/mol. The number of hydrogen-bond donors (Lipinski definition) is 0. The second-order valence-electron chi connectivity index (χ2n) is 4.68. The maximum atomic E-state index is 11.8. The Morgan fingerprint density at radius 1 is 1.15 bits per heavy atom. The molecule has 2 rings (SSSR count). The van der Waals surface area contributed by atoms with Gasteiger partial charge in [-0.1, -0.05) is 12.1 Å². The van der Waals surface area contributed by atoms with E-state index in [2.05, 4.69) is 0 Å². The van der Waals surface area contributed by atoms with E-state index in [9.17, 15) is 13.2 Å². The third-order valence-corrected chi connectivity index (χ3v) is 4.55. The van der Waals surface area contributed by atoms with Crippen molar-refractivity contribution in [3.8, 4) is 0 Å². The normalized spacial score (nSPS) is 15.9. The molecule has 0 aromatic heterocycles. The molecule has 20 heavy (non-hydrogen) atoms. The van der Waals surface area contributed by atoms with Gasteiger partial charge in [-0.2, -0.15) is 0 Å². The van der Waals surface area contributed by atoms with Crippen LogP contribution in [0.5, 0.6) is 0 Å². The van der Waals surface area contributed by atoms with Crippen LogP contribution in [0.3, 0.4) is 0 Å². The maximum Gasteiger partial charge on any atom is 0.410 e. The van der Waals surface area contributed by atoms with Gasteiger partial charge in [0.15, 0.2) is 0 Å². The van der Waals surface area contributed by atoms with Crippen molar-refractivity contribution < 1.29 is 17.9 Å². The number of carbonyl (C=O) groups is 1. The molecule has 110 valence electrons. The third-order valence-electron chi connectivity index (χ3n) is 3.18. The lowest BCUT2D eigenvalue weighted by Crippen LogP contribution is -2.35. The van der Waals surface area contributed by atoms with Crippen LogP contribution in [-0.4, -0.2) is 32.5 Å². The highest BCUT2D eigenvalue weighted by Crippen LogP contribution is 2.16. The van der Waals surface area contributed by atoms with E-state index < -0.39 is 9.05 Å². The Morgan fingerprint density at radius 3 is 2.30 bits per heavy atom. The van der Waals surface area contributed by atoms with Crippen LogP contribution in [0.15, 0.2) is 29.2 Å². The van der Waals surface area contributed by atoms with Gasteiger partial charge in [0.1, 0.15) is 6.61 Å². The summed E-state index contributed by atoms with van der Waals surface area (Å²) < 4.78 is 27.4. The lowest BCUT2D eigenvalue weighted by atomic mass is 10.1. The zero-order valence-electron chi connectivity index (χ0n) is 10.9. The molecule has 5 nitrogen and oxygen atoms in total.